The molecule has 0 aliphatic rings. The zero-order chi connectivity index (χ0) is 12.5. The van der Waals surface area contributed by atoms with Crippen molar-refractivity contribution in [2.75, 3.05) is 6.54 Å². The van der Waals surface area contributed by atoms with Crippen LogP contribution in [0.3, 0.4) is 0 Å². The molecule has 3 N–H and O–H groups in total. The lowest BCUT2D eigenvalue weighted by Gasteiger charge is -2.11. The molecule has 17 heavy (non-hydrogen) atoms. The standard InChI is InChI=1S/C14H20N2O/c1-2-3-7-10-16-14(17)13(15)11-12-8-5-4-6-9-12/h2-6,8-9,13H,7,10-11,15H2,1H3,(H,16,17)/b3-2+/t13-/m0/s1. The molecule has 0 saturated heterocycles. The molecule has 3 heteroatoms. The Bertz CT molecular complexity index is 360. The van der Waals surface area contributed by atoms with E-state index in [2.05, 4.69) is 5.32 Å². The third-order valence-corrected chi connectivity index (χ3v) is 2.48. The van der Waals surface area contributed by atoms with Crippen LogP contribution in [0, 0.1) is 0 Å². The summed E-state index contributed by atoms with van der Waals surface area (Å²) in [6.07, 6.45) is 5.41. The minimum atomic E-state index is -0.469. The van der Waals surface area contributed by atoms with E-state index in [1.807, 2.05) is 49.4 Å². The van der Waals surface area contributed by atoms with Gasteiger partial charge in [-0.25, -0.2) is 0 Å². The van der Waals surface area contributed by atoms with Gasteiger partial charge in [0.15, 0.2) is 0 Å². The van der Waals surface area contributed by atoms with Gasteiger partial charge in [-0.15, -0.1) is 0 Å². The van der Waals surface area contributed by atoms with E-state index in [-0.39, 0.29) is 5.91 Å². The highest BCUT2D eigenvalue weighted by Gasteiger charge is 2.12. The molecule has 0 heterocycles. The largest absolute Gasteiger partial charge is 0.354 e. The Morgan fingerprint density at radius 1 is 1.41 bits per heavy atom. The molecule has 0 spiro atoms. The molecule has 1 aromatic carbocycles. The van der Waals surface area contributed by atoms with Crippen LogP contribution in [0.15, 0.2) is 42.5 Å². The Hall–Kier alpha value is -1.61. The van der Waals surface area contributed by atoms with Crippen molar-refractivity contribution in [1.82, 2.24) is 5.32 Å². The number of hydrogen-bond donors (Lipinski definition) is 2. The molecule has 1 amide bonds. The zero-order valence-corrected chi connectivity index (χ0v) is 10.2. The average Bonchev–Trinajstić information content (AvgIpc) is 2.35. The van der Waals surface area contributed by atoms with Crippen LogP contribution in [0.25, 0.3) is 0 Å². The molecule has 0 unspecified atom stereocenters. The van der Waals surface area contributed by atoms with E-state index in [0.717, 1.165) is 12.0 Å². The first-order chi connectivity index (χ1) is 8.24. The van der Waals surface area contributed by atoms with Crippen molar-refractivity contribution in [3.05, 3.63) is 48.0 Å². The first-order valence-electron chi connectivity index (χ1n) is 5.92. The summed E-state index contributed by atoms with van der Waals surface area (Å²) in [6.45, 7) is 2.61. The number of rotatable bonds is 6. The van der Waals surface area contributed by atoms with Crippen molar-refractivity contribution in [3.63, 3.8) is 0 Å². The van der Waals surface area contributed by atoms with Gasteiger partial charge in [-0.2, -0.15) is 0 Å². The van der Waals surface area contributed by atoms with E-state index < -0.39 is 6.04 Å². The maximum absolute atomic E-state index is 11.7. The molecule has 0 radical (unpaired) electrons. The zero-order valence-electron chi connectivity index (χ0n) is 10.2. The fourth-order valence-corrected chi connectivity index (χ4v) is 1.54. The van der Waals surface area contributed by atoms with Gasteiger partial charge in [0, 0.05) is 6.54 Å². The smallest absolute Gasteiger partial charge is 0.237 e. The number of benzene rings is 1. The molecule has 0 saturated carbocycles. The van der Waals surface area contributed by atoms with Crippen LogP contribution in [-0.4, -0.2) is 18.5 Å². The van der Waals surface area contributed by atoms with Gasteiger partial charge in [-0.3, -0.25) is 4.79 Å². The number of nitrogens with one attached hydrogen (secondary N) is 1. The second-order valence-corrected chi connectivity index (χ2v) is 3.94. The van der Waals surface area contributed by atoms with Crippen LogP contribution in [0.2, 0.25) is 0 Å². The van der Waals surface area contributed by atoms with Crippen molar-refractivity contribution < 1.29 is 4.79 Å². The molecule has 1 aromatic rings. The number of allylic oxidation sites excluding steroid dienone is 1. The highest BCUT2D eigenvalue weighted by atomic mass is 16.2. The molecular weight excluding hydrogens is 212 g/mol. The van der Waals surface area contributed by atoms with E-state index in [1.54, 1.807) is 0 Å². The van der Waals surface area contributed by atoms with Crippen LogP contribution >= 0.6 is 0 Å². The van der Waals surface area contributed by atoms with Gasteiger partial charge in [-0.1, -0.05) is 42.5 Å². The molecule has 0 aromatic heterocycles. The molecule has 1 atom stereocenters. The van der Waals surface area contributed by atoms with Crippen LogP contribution < -0.4 is 11.1 Å². The maximum atomic E-state index is 11.7. The van der Waals surface area contributed by atoms with Gasteiger partial charge >= 0.3 is 0 Å². The molecule has 1 rings (SSSR count). The van der Waals surface area contributed by atoms with Crippen molar-refractivity contribution in [1.29, 1.82) is 0 Å². The highest BCUT2D eigenvalue weighted by molar-refractivity contribution is 5.81. The Morgan fingerprint density at radius 3 is 2.76 bits per heavy atom. The third kappa shape index (κ3) is 5.31. The normalized spacial score (nSPS) is 12.6. The summed E-state index contributed by atoms with van der Waals surface area (Å²) in [6, 6.07) is 9.34. The SMILES string of the molecule is C/C=C/CCNC(=O)[C@@H](N)Cc1ccccc1. The van der Waals surface area contributed by atoms with Crippen molar-refractivity contribution >= 4 is 5.91 Å². The molecular formula is C14H20N2O. The highest BCUT2D eigenvalue weighted by Crippen LogP contribution is 2.01. The third-order valence-electron chi connectivity index (χ3n) is 2.48. The number of carbonyl (C=O) groups excluding carboxylic acids is 1. The first-order valence-corrected chi connectivity index (χ1v) is 5.92. The van der Waals surface area contributed by atoms with E-state index in [0.29, 0.717) is 13.0 Å². The lowest BCUT2D eigenvalue weighted by Crippen LogP contribution is -2.42. The van der Waals surface area contributed by atoms with E-state index in [1.165, 1.54) is 0 Å². The molecule has 3 nitrogen and oxygen atoms in total. The van der Waals surface area contributed by atoms with Gasteiger partial charge in [0.2, 0.25) is 5.91 Å². The quantitative estimate of drug-likeness (QED) is 0.578. The molecule has 0 bridgehead atoms. The van der Waals surface area contributed by atoms with Crippen molar-refractivity contribution in [2.45, 2.75) is 25.8 Å². The van der Waals surface area contributed by atoms with Gasteiger partial charge in [0.25, 0.3) is 0 Å². The second kappa shape index (κ2) is 7.63. The predicted molar refractivity (Wildman–Crippen MR) is 70.6 cm³/mol. The lowest BCUT2D eigenvalue weighted by molar-refractivity contribution is -0.122. The van der Waals surface area contributed by atoms with Crippen molar-refractivity contribution in [2.24, 2.45) is 5.73 Å². The van der Waals surface area contributed by atoms with Gasteiger partial charge in [0.1, 0.15) is 0 Å². The Kier molecular flexibility index (Phi) is 6.04. The number of carbonyl (C=O) groups is 1. The number of amides is 1. The minimum absolute atomic E-state index is 0.0849. The Balaban J connectivity index is 2.32. The summed E-state index contributed by atoms with van der Waals surface area (Å²) in [7, 11) is 0. The first kappa shape index (κ1) is 13.5. The van der Waals surface area contributed by atoms with Crippen LogP contribution in [0.5, 0.6) is 0 Å². The molecule has 92 valence electrons. The minimum Gasteiger partial charge on any atom is -0.354 e. The number of hydrogen-bond acceptors (Lipinski definition) is 2. The lowest BCUT2D eigenvalue weighted by atomic mass is 10.1. The summed E-state index contributed by atoms with van der Waals surface area (Å²) in [4.78, 5) is 11.7. The summed E-state index contributed by atoms with van der Waals surface area (Å²) in [5, 5.41) is 2.82. The fourth-order valence-electron chi connectivity index (χ4n) is 1.54. The maximum Gasteiger partial charge on any atom is 0.237 e. The van der Waals surface area contributed by atoms with E-state index >= 15 is 0 Å². The average molecular weight is 232 g/mol. The van der Waals surface area contributed by atoms with Gasteiger partial charge < -0.3 is 11.1 Å². The second-order valence-electron chi connectivity index (χ2n) is 3.94. The molecule has 0 fully saturated rings. The topological polar surface area (TPSA) is 55.1 Å². The monoisotopic (exact) mass is 232 g/mol. The summed E-state index contributed by atoms with van der Waals surface area (Å²) in [5.41, 5.74) is 6.92. The Morgan fingerprint density at radius 2 is 2.12 bits per heavy atom. The van der Waals surface area contributed by atoms with Crippen LogP contribution in [0.4, 0.5) is 0 Å². The van der Waals surface area contributed by atoms with E-state index in [9.17, 15) is 4.79 Å². The Labute approximate surface area is 103 Å². The molecule has 0 aliphatic heterocycles. The predicted octanol–water partition coefficient (Wildman–Crippen LogP) is 1.64. The number of nitrogens with two attached hydrogens (primary N) is 1. The summed E-state index contributed by atoms with van der Waals surface area (Å²) >= 11 is 0. The molecule has 0 aliphatic carbocycles. The van der Waals surface area contributed by atoms with Crippen LogP contribution in [-0.2, 0) is 11.2 Å². The van der Waals surface area contributed by atoms with Crippen LogP contribution in [0.1, 0.15) is 18.9 Å². The summed E-state index contributed by atoms with van der Waals surface area (Å²) in [5.74, 6) is -0.0849. The van der Waals surface area contributed by atoms with E-state index in [4.69, 9.17) is 5.73 Å². The van der Waals surface area contributed by atoms with Gasteiger partial charge in [0.05, 0.1) is 6.04 Å². The van der Waals surface area contributed by atoms with Crippen molar-refractivity contribution in [3.8, 4) is 0 Å². The van der Waals surface area contributed by atoms with Gasteiger partial charge in [-0.05, 0) is 25.3 Å². The fraction of sp³-hybridized carbons (Fsp3) is 0.357. The summed E-state index contributed by atoms with van der Waals surface area (Å²) < 4.78 is 0.